The number of fused-ring (bicyclic) bond motifs is 1. The van der Waals surface area contributed by atoms with Crippen LogP contribution in [0.15, 0.2) is 63.9 Å². The van der Waals surface area contributed by atoms with Crippen LogP contribution in [0.2, 0.25) is 0 Å². The second-order valence-electron chi connectivity index (χ2n) is 6.27. The van der Waals surface area contributed by atoms with Gasteiger partial charge in [0, 0.05) is 5.56 Å². The van der Waals surface area contributed by atoms with Crippen molar-refractivity contribution in [2.45, 2.75) is 11.8 Å². The van der Waals surface area contributed by atoms with E-state index in [1.54, 1.807) is 49.4 Å². The lowest BCUT2D eigenvalue weighted by molar-refractivity contribution is 0.0526. The molecule has 8 nitrogen and oxygen atoms in total. The van der Waals surface area contributed by atoms with E-state index >= 15 is 0 Å². The number of ether oxygens (including phenoxy) is 1. The number of nitrogens with two attached hydrogens (primary N) is 1. The van der Waals surface area contributed by atoms with Gasteiger partial charge < -0.3 is 14.1 Å². The van der Waals surface area contributed by atoms with Gasteiger partial charge in [0.05, 0.1) is 28.1 Å². The summed E-state index contributed by atoms with van der Waals surface area (Å²) in [6.07, 6.45) is 0. The van der Waals surface area contributed by atoms with E-state index in [4.69, 9.17) is 14.3 Å². The standard InChI is InChI=1S/C20H17N3O5S/c1-2-27-20(24)13-5-3-12(4-6-13)17-9-10-18(28-17)19-22-15-8-7-14(29(21,25)26)11-16(15)23-19/h3-11H,2H2,1H3,(H,22,23)(H2,21,25,26). The SMILES string of the molecule is CCOC(=O)c1ccc(-c2ccc(-c3nc4ccc(S(N)(=O)=O)cc4[nH]3)o2)cc1. The fourth-order valence-electron chi connectivity index (χ4n) is 2.89. The number of aromatic nitrogens is 2. The highest BCUT2D eigenvalue weighted by atomic mass is 32.2. The van der Waals surface area contributed by atoms with E-state index in [1.807, 2.05) is 0 Å². The van der Waals surface area contributed by atoms with E-state index in [9.17, 15) is 13.2 Å². The van der Waals surface area contributed by atoms with Crippen LogP contribution in [-0.2, 0) is 14.8 Å². The first-order valence-electron chi connectivity index (χ1n) is 8.75. The predicted molar refractivity (Wildman–Crippen MR) is 107 cm³/mol. The van der Waals surface area contributed by atoms with Crippen LogP contribution in [0, 0.1) is 0 Å². The maximum Gasteiger partial charge on any atom is 0.338 e. The molecule has 0 spiro atoms. The molecule has 0 fully saturated rings. The summed E-state index contributed by atoms with van der Waals surface area (Å²) in [7, 11) is -3.80. The molecule has 0 aliphatic carbocycles. The fraction of sp³-hybridized carbons (Fsp3) is 0.100. The average molecular weight is 411 g/mol. The van der Waals surface area contributed by atoms with Gasteiger partial charge in [-0.25, -0.2) is 23.3 Å². The highest BCUT2D eigenvalue weighted by Gasteiger charge is 2.14. The van der Waals surface area contributed by atoms with Gasteiger partial charge in [-0.1, -0.05) is 12.1 Å². The largest absolute Gasteiger partial charge is 0.462 e. The molecule has 148 valence electrons. The van der Waals surface area contributed by atoms with Gasteiger partial charge in [0.25, 0.3) is 0 Å². The number of hydrogen-bond acceptors (Lipinski definition) is 6. The molecule has 0 atom stereocenters. The van der Waals surface area contributed by atoms with Crippen LogP contribution in [0.25, 0.3) is 33.9 Å². The van der Waals surface area contributed by atoms with Crippen molar-refractivity contribution in [1.82, 2.24) is 9.97 Å². The third kappa shape index (κ3) is 3.78. The zero-order valence-corrected chi connectivity index (χ0v) is 16.2. The summed E-state index contributed by atoms with van der Waals surface area (Å²) < 4.78 is 33.9. The monoisotopic (exact) mass is 411 g/mol. The summed E-state index contributed by atoms with van der Waals surface area (Å²) in [5.41, 5.74) is 2.37. The van der Waals surface area contributed by atoms with E-state index in [1.165, 1.54) is 12.1 Å². The Hall–Kier alpha value is -3.43. The third-order valence-corrected chi connectivity index (χ3v) is 5.21. The molecule has 2 aromatic carbocycles. The van der Waals surface area contributed by atoms with Crippen molar-refractivity contribution in [2.24, 2.45) is 5.14 Å². The van der Waals surface area contributed by atoms with Crippen LogP contribution in [0.3, 0.4) is 0 Å². The lowest BCUT2D eigenvalue weighted by Crippen LogP contribution is -2.11. The Labute approximate surface area is 166 Å². The van der Waals surface area contributed by atoms with Crippen molar-refractivity contribution in [3.63, 3.8) is 0 Å². The molecule has 4 rings (SSSR count). The molecule has 3 N–H and O–H groups in total. The molecule has 0 radical (unpaired) electrons. The predicted octanol–water partition coefficient (Wildman–Crippen LogP) is 3.31. The molecular formula is C20H17N3O5S. The maximum absolute atomic E-state index is 11.7. The summed E-state index contributed by atoms with van der Waals surface area (Å²) >= 11 is 0. The summed E-state index contributed by atoms with van der Waals surface area (Å²) in [6, 6.07) is 14.8. The summed E-state index contributed by atoms with van der Waals surface area (Å²) in [4.78, 5) is 19.2. The van der Waals surface area contributed by atoms with E-state index in [0.717, 1.165) is 5.56 Å². The number of nitrogens with zero attached hydrogens (tertiary/aromatic N) is 1. The first-order chi connectivity index (χ1) is 13.8. The number of esters is 1. The van der Waals surface area contributed by atoms with Gasteiger partial charge in [0.15, 0.2) is 11.6 Å². The van der Waals surface area contributed by atoms with Crippen LogP contribution in [0.4, 0.5) is 0 Å². The normalized spacial score (nSPS) is 11.7. The fourth-order valence-corrected chi connectivity index (χ4v) is 3.43. The number of carbonyl (C=O) groups excluding carboxylic acids is 1. The molecule has 0 unspecified atom stereocenters. The first-order valence-corrected chi connectivity index (χ1v) is 10.3. The number of rotatable bonds is 5. The van der Waals surface area contributed by atoms with Crippen molar-refractivity contribution >= 4 is 27.0 Å². The van der Waals surface area contributed by atoms with Gasteiger partial charge in [0.1, 0.15) is 5.76 Å². The number of benzene rings is 2. The van der Waals surface area contributed by atoms with Crippen molar-refractivity contribution in [3.05, 3.63) is 60.2 Å². The second kappa shape index (κ2) is 7.19. The van der Waals surface area contributed by atoms with Crippen molar-refractivity contribution < 1.29 is 22.4 Å². The molecule has 0 aliphatic rings. The summed E-state index contributed by atoms with van der Waals surface area (Å²) in [6.45, 7) is 2.07. The Morgan fingerprint density at radius 2 is 1.83 bits per heavy atom. The molecule has 4 aromatic rings. The van der Waals surface area contributed by atoms with Crippen LogP contribution in [-0.4, -0.2) is 31.0 Å². The lowest BCUT2D eigenvalue weighted by Gasteiger charge is -2.02. The van der Waals surface area contributed by atoms with Crippen LogP contribution < -0.4 is 5.14 Å². The first kappa shape index (κ1) is 18.9. The van der Waals surface area contributed by atoms with E-state index in [-0.39, 0.29) is 10.9 Å². The zero-order valence-electron chi connectivity index (χ0n) is 15.4. The number of carbonyl (C=O) groups is 1. The average Bonchev–Trinajstić information content (AvgIpc) is 3.34. The number of sulfonamides is 1. The summed E-state index contributed by atoms with van der Waals surface area (Å²) in [5.74, 6) is 1.17. The molecule has 0 amide bonds. The number of nitrogens with one attached hydrogen (secondary N) is 1. The molecule has 2 aromatic heterocycles. The van der Waals surface area contributed by atoms with Crippen molar-refractivity contribution in [3.8, 4) is 22.9 Å². The number of primary sulfonamides is 1. The van der Waals surface area contributed by atoms with E-state index < -0.39 is 10.0 Å². The lowest BCUT2D eigenvalue weighted by atomic mass is 10.1. The maximum atomic E-state index is 11.7. The van der Waals surface area contributed by atoms with Gasteiger partial charge in [-0.3, -0.25) is 0 Å². The molecule has 29 heavy (non-hydrogen) atoms. The Morgan fingerprint density at radius 3 is 2.52 bits per heavy atom. The van der Waals surface area contributed by atoms with Crippen LogP contribution in [0.5, 0.6) is 0 Å². The van der Waals surface area contributed by atoms with E-state index in [0.29, 0.717) is 40.5 Å². The van der Waals surface area contributed by atoms with Gasteiger partial charge in [0.2, 0.25) is 10.0 Å². The molecule has 0 saturated carbocycles. The van der Waals surface area contributed by atoms with E-state index in [2.05, 4.69) is 9.97 Å². The number of hydrogen-bond donors (Lipinski definition) is 2. The molecule has 0 saturated heterocycles. The molecule has 2 heterocycles. The highest BCUT2D eigenvalue weighted by molar-refractivity contribution is 7.89. The quantitative estimate of drug-likeness (QED) is 0.485. The number of imidazole rings is 1. The number of furan rings is 1. The Kier molecular flexibility index (Phi) is 4.69. The minimum absolute atomic E-state index is 0.00187. The summed E-state index contributed by atoms with van der Waals surface area (Å²) in [5, 5.41) is 5.17. The Morgan fingerprint density at radius 1 is 1.10 bits per heavy atom. The minimum atomic E-state index is -3.80. The number of aromatic amines is 1. The Balaban J connectivity index is 1.63. The van der Waals surface area contributed by atoms with Crippen LogP contribution >= 0.6 is 0 Å². The number of H-pyrrole nitrogens is 1. The Bertz CT molecular complexity index is 1300. The highest BCUT2D eigenvalue weighted by Crippen LogP contribution is 2.29. The zero-order chi connectivity index (χ0) is 20.6. The minimum Gasteiger partial charge on any atom is -0.462 e. The molecule has 9 heteroatoms. The second-order valence-corrected chi connectivity index (χ2v) is 7.83. The van der Waals surface area contributed by atoms with Gasteiger partial charge >= 0.3 is 5.97 Å². The van der Waals surface area contributed by atoms with Crippen molar-refractivity contribution in [2.75, 3.05) is 6.61 Å². The van der Waals surface area contributed by atoms with Crippen LogP contribution in [0.1, 0.15) is 17.3 Å². The third-order valence-electron chi connectivity index (χ3n) is 4.30. The molecule has 0 bridgehead atoms. The van der Waals surface area contributed by atoms with Gasteiger partial charge in [-0.15, -0.1) is 0 Å². The van der Waals surface area contributed by atoms with Gasteiger partial charge in [-0.05, 0) is 49.4 Å². The van der Waals surface area contributed by atoms with Gasteiger partial charge in [-0.2, -0.15) is 0 Å². The smallest absolute Gasteiger partial charge is 0.338 e. The van der Waals surface area contributed by atoms with Crippen molar-refractivity contribution in [1.29, 1.82) is 0 Å². The molecule has 0 aliphatic heterocycles. The molecular weight excluding hydrogens is 394 g/mol. The topological polar surface area (TPSA) is 128 Å².